The molecule has 2 saturated carbocycles. The Balaban J connectivity index is 1.96. The second-order valence-electron chi connectivity index (χ2n) is 8.15. The lowest BCUT2D eigenvalue weighted by molar-refractivity contribution is 0.111. The Labute approximate surface area is 127 Å². The van der Waals surface area contributed by atoms with Crippen LogP contribution < -0.4 is 5.32 Å². The summed E-state index contributed by atoms with van der Waals surface area (Å²) in [4.78, 5) is 0. The van der Waals surface area contributed by atoms with Gasteiger partial charge in [0.05, 0.1) is 0 Å². The van der Waals surface area contributed by atoms with Crippen LogP contribution in [0.2, 0.25) is 0 Å². The van der Waals surface area contributed by atoms with Gasteiger partial charge in [-0.15, -0.1) is 0 Å². The monoisotopic (exact) mass is 279 g/mol. The van der Waals surface area contributed by atoms with Crippen LogP contribution in [0.5, 0.6) is 0 Å². The van der Waals surface area contributed by atoms with Crippen LogP contribution in [0.25, 0.3) is 0 Å². The van der Waals surface area contributed by atoms with Gasteiger partial charge in [-0.05, 0) is 61.8 Å². The van der Waals surface area contributed by atoms with Crippen LogP contribution in [0.4, 0.5) is 0 Å². The normalized spacial score (nSPS) is 39.8. The van der Waals surface area contributed by atoms with E-state index in [0.717, 1.165) is 29.6 Å². The molecule has 0 aromatic carbocycles. The number of hydrogen-bond donors (Lipinski definition) is 1. The van der Waals surface area contributed by atoms with E-state index in [1.807, 2.05) is 0 Å². The van der Waals surface area contributed by atoms with E-state index in [4.69, 9.17) is 0 Å². The molecule has 0 radical (unpaired) electrons. The molecule has 1 nitrogen and oxygen atoms in total. The van der Waals surface area contributed by atoms with E-state index in [0.29, 0.717) is 6.04 Å². The summed E-state index contributed by atoms with van der Waals surface area (Å²) in [6.07, 6.45) is 11.9. The van der Waals surface area contributed by atoms with Crippen LogP contribution in [-0.4, -0.2) is 12.6 Å². The van der Waals surface area contributed by atoms with Crippen molar-refractivity contribution in [2.24, 2.45) is 29.6 Å². The molecule has 0 spiro atoms. The zero-order chi connectivity index (χ0) is 14.5. The fraction of sp³-hybridized carbons (Fsp3) is 1.00. The maximum absolute atomic E-state index is 3.73. The summed E-state index contributed by atoms with van der Waals surface area (Å²) in [5, 5.41) is 3.73. The topological polar surface area (TPSA) is 12.0 Å². The lowest BCUT2D eigenvalue weighted by Gasteiger charge is -2.40. The summed E-state index contributed by atoms with van der Waals surface area (Å²) in [7, 11) is 0. The molecule has 0 aliphatic heterocycles. The molecule has 0 aromatic heterocycles. The molecule has 0 heterocycles. The molecular weight excluding hydrogens is 242 g/mol. The minimum absolute atomic E-state index is 0.643. The van der Waals surface area contributed by atoms with E-state index in [2.05, 4.69) is 33.0 Å². The van der Waals surface area contributed by atoms with E-state index in [-0.39, 0.29) is 0 Å². The van der Waals surface area contributed by atoms with Gasteiger partial charge < -0.3 is 5.32 Å². The van der Waals surface area contributed by atoms with Gasteiger partial charge in [0.2, 0.25) is 0 Å². The Kier molecular flexibility index (Phi) is 6.39. The second-order valence-corrected chi connectivity index (χ2v) is 8.15. The van der Waals surface area contributed by atoms with Crippen LogP contribution >= 0.6 is 0 Å². The fourth-order valence-corrected chi connectivity index (χ4v) is 4.65. The summed E-state index contributed by atoms with van der Waals surface area (Å²) in [6, 6.07) is 0.643. The highest BCUT2D eigenvalue weighted by Gasteiger charge is 2.34. The van der Waals surface area contributed by atoms with Crippen molar-refractivity contribution >= 4 is 0 Å². The molecule has 1 N–H and O–H groups in total. The molecule has 1 heteroatoms. The lowest BCUT2D eigenvalue weighted by atomic mass is 9.67. The Morgan fingerprint density at radius 2 is 1.65 bits per heavy atom. The molecule has 2 aliphatic rings. The quantitative estimate of drug-likeness (QED) is 0.693. The summed E-state index contributed by atoms with van der Waals surface area (Å²) < 4.78 is 0. The Morgan fingerprint density at radius 1 is 0.900 bits per heavy atom. The summed E-state index contributed by atoms with van der Waals surface area (Å²) >= 11 is 0. The first kappa shape index (κ1) is 16.3. The van der Waals surface area contributed by atoms with Crippen molar-refractivity contribution < 1.29 is 0 Å². The molecular formula is C19H37N. The van der Waals surface area contributed by atoms with Crippen LogP contribution in [0.3, 0.4) is 0 Å². The van der Waals surface area contributed by atoms with Crippen LogP contribution in [0, 0.1) is 29.6 Å². The first-order valence-corrected chi connectivity index (χ1v) is 9.31. The minimum atomic E-state index is 0.643. The second kappa shape index (κ2) is 7.82. The van der Waals surface area contributed by atoms with Gasteiger partial charge in [-0.2, -0.15) is 0 Å². The van der Waals surface area contributed by atoms with E-state index in [1.165, 1.54) is 57.9 Å². The number of hydrogen-bond acceptors (Lipinski definition) is 1. The fourth-order valence-electron chi connectivity index (χ4n) is 4.65. The molecule has 5 unspecified atom stereocenters. The van der Waals surface area contributed by atoms with Gasteiger partial charge in [0.15, 0.2) is 0 Å². The predicted octanol–water partition coefficient (Wildman–Crippen LogP) is 5.25. The highest BCUT2D eigenvalue weighted by Crippen LogP contribution is 2.43. The maximum Gasteiger partial charge on any atom is 0.00104 e. The Hall–Kier alpha value is -0.0400. The third kappa shape index (κ3) is 4.48. The minimum Gasteiger partial charge on any atom is -0.314 e. The third-order valence-corrected chi connectivity index (χ3v) is 6.25. The smallest absolute Gasteiger partial charge is 0.00104 e. The third-order valence-electron chi connectivity index (χ3n) is 6.25. The molecule has 5 atom stereocenters. The maximum atomic E-state index is 3.73. The molecule has 2 rings (SSSR count). The molecule has 0 amide bonds. The highest BCUT2D eigenvalue weighted by molar-refractivity contribution is 4.86. The molecule has 20 heavy (non-hydrogen) atoms. The average molecular weight is 280 g/mol. The Bertz CT molecular complexity index is 273. The van der Waals surface area contributed by atoms with Crippen molar-refractivity contribution in [2.45, 2.75) is 85.1 Å². The first-order valence-electron chi connectivity index (χ1n) is 9.31. The van der Waals surface area contributed by atoms with Crippen molar-refractivity contribution in [3.05, 3.63) is 0 Å². The molecule has 2 aliphatic carbocycles. The van der Waals surface area contributed by atoms with Crippen molar-refractivity contribution in [1.82, 2.24) is 5.32 Å². The average Bonchev–Trinajstić information content (AvgIpc) is 2.65. The zero-order valence-corrected chi connectivity index (χ0v) is 14.3. The molecule has 118 valence electrons. The number of nitrogens with one attached hydrogen (secondary N) is 1. The highest BCUT2D eigenvalue weighted by atomic mass is 14.9. The standard InChI is InChI=1S/C19H37N/c1-14(2)20-13-18-8-6-5-7-9-19(18)17-11-10-15(3)16(4)12-17/h14-20H,5-13H2,1-4H3. The zero-order valence-electron chi connectivity index (χ0n) is 14.3. The van der Waals surface area contributed by atoms with Crippen molar-refractivity contribution in [1.29, 1.82) is 0 Å². The SMILES string of the molecule is CC(C)NCC1CCCCCC1C1CCC(C)C(C)C1. The van der Waals surface area contributed by atoms with E-state index >= 15 is 0 Å². The largest absolute Gasteiger partial charge is 0.314 e. The van der Waals surface area contributed by atoms with Crippen molar-refractivity contribution in [2.75, 3.05) is 6.54 Å². The van der Waals surface area contributed by atoms with Crippen LogP contribution in [-0.2, 0) is 0 Å². The van der Waals surface area contributed by atoms with Crippen LogP contribution in [0.1, 0.15) is 79.1 Å². The van der Waals surface area contributed by atoms with Gasteiger partial charge in [0.1, 0.15) is 0 Å². The van der Waals surface area contributed by atoms with E-state index < -0.39 is 0 Å². The van der Waals surface area contributed by atoms with Crippen molar-refractivity contribution in [3.63, 3.8) is 0 Å². The molecule has 0 aromatic rings. The first-order chi connectivity index (χ1) is 9.58. The van der Waals surface area contributed by atoms with Gasteiger partial charge >= 0.3 is 0 Å². The number of rotatable bonds is 4. The lowest BCUT2D eigenvalue weighted by Crippen LogP contribution is -2.36. The molecule has 0 bridgehead atoms. The van der Waals surface area contributed by atoms with E-state index in [1.54, 1.807) is 0 Å². The van der Waals surface area contributed by atoms with Crippen LogP contribution in [0.15, 0.2) is 0 Å². The molecule has 0 saturated heterocycles. The summed E-state index contributed by atoms with van der Waals surface area (Å²) in [6.45, 7) is 10.8. The predicted molar refractivity (Wildman–Crippen MR) is 88.9 cm³/mol. The summed E-state index contributed by atoms with van der Waals surface area (Å²) in [5.74, 6) is 4.91. The van der Waals surface area contributed by atoms with E-state index in [9.17, 15) is 0 Å². The summed E-state index contributed by atoms with van der Waals surface area (Å²) in [5.41, 5.74) is 0. The van der Waals surface area contributed by atoms with Gasteiger partial charge in [-0.3, -0.25) is 0 Å². The van der Waals surface area contributed by atoms with Gasteiger partial charge in [0.25, 0.3) is 0 Å². The van der Waals surface area contributed by atoms with Crippen molar-refractivity contribution in [3.8, 4) is 0 Å². The Morgan fingerprint density at radius 3 is 2.35 bits per heavy atom. The molecule has 2 fully saturated rings. The van der Waals surface area contributed by atoms with Gasteiger partial charge in [-0.25, -0.2) is 0 Å². The van der Waals surface area contributed by atoms with Gasteiger partial charge in [0, 0.05) is 6.04 Å². The van der Waals surface area contributed by atoms with Gasteiger partial charge in [-0.1, -0.05) is 53.4 Å².